The lowest BCUT2D eigenvalue weighted by Gasteiger charge is -2.43. The number of para-hydroxylation sites is 2. The van der Waals surface area contributed by atoms with Crippen LogP contribution in [0.25, 0.3) is 0 Å². The van der Waals surface area contributed by atoms with Crippen LogP contribution in [0.5, 0.6) is 11.5 Å². The monoisotopic (exact) mass is 665 g/mol. The summed E-state index contributed by atoms with van der Waals surface area (Å²) in [6.07, 6.45) is 2.13. The maximum Gasteiger partial charge on any atom is 0.318 e. The number of nitrogens with one attached hydrogen (secondary N) is 1. The number of amides is 3. The second-order valence-electron chi connectivity index (χ2n) is 12.1. The molecule has 3 aliphatic heterocycles. The summed E-state index contributed by atoms with van der Waals surface area (Å²) in [7, 11) is -1.17. The highest BCUT2D eigenvalue weighted by Gasteiger charge is 2.59. The number of methoxy groups -OCH3 is 1. The first-order valence-corrected chi connectivity index (χ1v) is 17.3. The lowest BCUT2D eigenvalue weighted by molar-refractivity contribution is -0.121. The molecule has 250 valence electrons. The van der Waals surface area contributed by atoms with Gasteiger partial charge in [0.1, 0.15) is 22.2 Å². The van der Waals surface area contributed by atoms with Gasteiger partial charge in [0.05, 0.1) is 19.4 Å². The Bertz CT molecular complexity index is 1760. The standard InChI is InChI=1S/C34H40FN5O6S/c1-4-46-29-10-6-5-9-26(29)34(36-33(42)39-21-19-38(20-22-39)25-15-17-37(2)18-16-25)27-23-24(35)13-14-28(27)40(32(34)41)47(43,44)31-12-8-7-11-30(31)45-3/h5-14,23,25H,4,15-22H2,1-3H3,(H,36,42). The van der Waals surface area contributed by atoms with Crippen LogP contribution in [0.2, 0.25) is 0 Å². The average molecular weight is 666 g/mol. The minimum atomic E-state index is -4.62. The van der Waals surface area contributed by atoms with E-state index in [1.807, 2.05) is 0 Å². The first kappa shape index (κ1) is 32.7. The summed E-state index contributed by atoms with van der Waals surface area (Å²) in [5, 5.41) is 2.92. The lowest BCUT2D eigenvalue weighted by Crippen LogP contribution is -2.61. The van der Waals surface area contributed by atoms with Crippen LogP contribution in [0.15, 0.2) is 71.6 Å². The Hall–Kier alpha value is -4.20. The first-order valence-electron chi connectivity index (χ1n) is 15.9. The molecule has 0 saturated carbocycles. The van der Waals surface area contributed by atoms with Gasteiger partial charge >= 0.3 is 6.03 Å². The van der Waals surface area contributed by atoms with Gasteiger partial charge in [-0.15, -0.1) is 0 Å². The molecule has 3 heterocycles. The SMILES string of the molecule is CCOc1ccccc1C1(NC(=O)N2CCN(C3CCN(C)CC3)CC2)C(=O)N(S(=O)(=O)c2ccccc2OC)c2ccc(F)cc21. The Labute approximate surface area is 274 Å². The minimum absolute atomic E-state index is 0.0218. The first-order chi connectivity index (χ1) is 22.6. The second kappa shape index (κ2) is 13.1. The van der Waals surface area contributed by atoms with Gasteiger partial charge in [0.25, 0.3) is 15.9 Å². The number of halogens is 1. The van der Waals surface area contributed by atoms with Crippen LogP contribution in [-0.2, 0) is 20.4 Å². The molecule has 3 aromatic rings. The van der Waals surface area contributed by atoms with Gasteiger partial charge in [0.2, 0.25) is 0 Å². The molecule has 3 aromatic carbocycles. The van der Waals surface area contributed by atoms with Crippen molar-refractivity contribution in [2.75, 3.05) is 64.3 Å². The van der Waals surface area contributed by atoms with Gasteiger partial charge in [-0.05, 0) is 76.3 Å². The summed E-state index contributed by atoms with van der Waals surface area (Å²) in [5.74, 6) is -1.41. The smallest absolute Gasteiger partial charge is 0.318 e. The number of ether oxygens (including phenoxy) is 2. The molecule has 13 heteroatoms. The number of nitrogens with zero attached hydrogens (tertiary/aromatic N) is 4. The molecular weight excluding hydrogens is 625 g/mol. The fourth-order valence-electron chi connectivity index (χ4n) is 6.93. The van der Waals surface area contributed by atoms with E-state index in [4.69, 9.17) is 9.47 Å². The van der Waals surface area contributed by atoms with Crippen molar-refractivity contribution in [1.82, 2.24) is 20.0 Å². The Kier molecular flexibility index (Phi) is 9.14. The number of carbonyl (C=O) groups excluding carboxylic acids is 2. The number of likely N-dealkylation sites (tertiary alicyclic amines) is 1. The molecule has 47 heavy (non-hydrogen) atoms. The third kappa shape index (κ3) is 5.80. The molecule has 6 rings (SSSR count). The van der Waals surface area contributed by atoms with Gasteiger partial charge in [-0.25, -0.2) is 17.6 Å². The molecule has 3 aliphatic rings. The fraction of sp³-hybridized carbons (Fsp3) is 0.412. The van der Waals surface area contributed by atoms with Gasteiger partial charge in [-0.2, -0.15) is 4.31 Å². The van der Waals surface area contributed by atoms with Crippen LogP contribution in [-0.4, -0.2) is 101 Å². The quantitative estimate of drug-likeness (QED) is 0.389. The Balaban J connectivity index is 1.42. The van der Waals surface area contributed by atoms with E-state index in [0.29, 0.717) is 36.5 Å². The Morgan fingerprint density at radius 3 is 2.28 bits per heavy atom. The van der Waals surface area contributed by atoms with Crippen LogP contribution >= 0.6 is 0 Å². The summed E-state index contributed by atoms with van der Waals surface area (Å²) in [5.41, 5.74) is -2.05. The maximum absolute atomic E-state index is 15.1. The molecule has 0 spiro atoms. The van der Waals surface area contributed by atoms with E-state index in [2.05, 4.69) is 22.2 Å². The van der Waals surface area contributed by atoms with Crippen molar-refractivity contribution < 1.29 is 31.9 Å². The maximum atomic E-state index is 15.1. The largest absolute Gasteiger partial charge is 0.495 e. The average Bonchev–Trinajstić information content (AvgIpc) is 3.33. The van der Waals surface area contributed by atoms with E-state index in [1.165, 1.54) is 31.4 Å². The van der Waals surface area contributed by atoms with Crippen LogP contribution in [0, 0.1) is 5.82 Å². The van der Waals surface area contributed by atoms with Gasteiger partial charge in [-0.3, -0.25) is 9.69 Å². The summed E-state index contributed by atoms with van der Waals surface area (Å²) in [4.78, 5) is 35.3. The van der Waals surface area contributed by atoms with Gasteiger partial charge in [0.15, 0.2) is 5.54 Å². The molecule has 0 aromatic heterocycles. The van der Waals surface area contributed by atoms with Gasteiger partial charge < -0.3 is 24.6 Å². The van der Waals surface area contributed by atoms with E-state index >= 15 is 4.39 Å². The Morgan fingerprint density at radius 2 is 1.60 bits per heavy atom. The zero-order valence-corrected chi connectivity index (χ0v) is 27.6. The van der Waals surface area contributed by atoms with Crippen molar-refractivity contribution >= 4 is 27.6 Å². The normalized spacial score (nSPS) is 21.1. The highest BCUT2D eigenvalue weighted by Crippen LogP contribution is 2.50. The third-order valence-corrected chi connectivity index (χ3v) is 11.1. The number of piperazine rings is 1. The molecule has 1 unspecified atom stereocenters. The fourth-order valence-corrected chi connectivity index (χ4v) is 8.55. The number of benzene rings is 3. The molecule has 0 aliphatic carbocycles. The topological polar surface area (TPSA) is 112 Å². The van der Waals surface area contributed by atoms with Crippen molar-refractivity contribution in [2.24, 2.45) is 0 Å². The summed E-state index contributed by atoms with van der Waals surface area (Å²) in [6, 6.07) is 15.9. The highest BCUT2D eigenvalue weighted by molar-refractivity contribution is 7.93. The van der Waals surface area contributed by atoms with E-state index in [0.717, 1.165) is 38.1 Å². The summed E-state index contributed by atoms with van der Waals surface area (Å²) < 4.78 is 55.8. The van der Waals surface area contributed by atoms with Crippen molar-refractivity contribution in [3.63, 3.8) is 0 Å². The number of rotatable bonds is 8. The minimum Gasteiger partial charge on any atom is -0.495 e. The predicted molar refractivity (Wildman–Crippen MR) is 175 cm³/mol. The van der Waals surface area contributed by atoms with Crippen molar-refractivity contribution in [3.05, 3.63) is 83.7 Å². The number of fused-ring (bicyclic) bond motifs is 1. The molecule has 2 saturated heterocycles. The third-order valence-electron chi connectivity index (χ3n) is 9.37. The molecule has 1 atom stereocenters. The van der Waals surface area contributed by atoms with Crippen molar-refractivity contribution in [2.45, 2.75) is 36.2 Å². The predicted octanol–water partition coefficient (Wildman–Crippen LogP) is 3.63. The van der Waals surface area contributed by atoms with Crippen molar-refractivity contribution in [3.8, 4) is 11.5 Å². The number of piperidine rings is 1. The zero-order chi connectivity index (χ0) is 33.3. The summed E-state index contributed by atoms with van der Waals surface area (Å²) >= 11 is 0. The van der Waals surface area contributed by atoms with E-state index < -0.39 is 33.3 Å². The van der Waals surface area contributed by atoms with Gasteiger partial charge in [-0.1, -0.05) is 30.3 Å². The van der Waals surface area contributed by atoms with Crippen molar-refractivity contribution in [1.29, 1.82) is 0 Å². The number of urea groups is 1. The van der Waals surface area contributed by atoms with Crippen LogP contribution in [0.3, 0.4) is 0 Å². The van der Waals surface area contributed by atoms with Crippen LogP contribution in [0.4, 0.5) is 14.9 Å². The molecule has 3 amide bonds. The molecular formula is C34H40FN5O6S. The van der Waals surface area contributed by atoms with E-state index in [1.54, 1.807) is 42.2 Å². The molecule has 1 N–H and O–H groups in total. The zero-order valence-electron chi connectivity index (χ0n) is 26.8. The summed E-state index contributed by atoms with van der Waals surface area (Å²) in [6.45, 7) is 6.21. The molecule has 2 fully saturated rings. The van der Waals surface area contributed by atoms with Crippen LogP contribution < -0.4 is 19.1 Å². The number of sulfonamides is 1. The number of hydrogen-bond donors (Lipinski definition) is 1. The Morgan fingerprint density at radius 1 is 0.936 bits per heavy atom. The number of anilines is 1. The lowest BCUT2D eigenvalue weighted by atomic mass is 9.83. The van der Waals surface area contributed by atoms with Crippen LogP contribution in [0.1, 0.15) is 30.9 Å². The van der Waals surface area contributed by atoms with E-state index in [9.17, 15) is 18.0 Å². The highest BCUT2D eigenvalue weighted by atomic mass is 32.2. The second-order valence-corrected chi connectivity index (χ2v) is 13.8. The van der Waals surface area contributed by atoms with E-state index in [-0.39, 0.29) is 39.8 Å². The molecule has 11 nitrogen and oxygen atoms in total. The molecule has 0 radical (unpaired) electrons. The number of carbonyl (C=O) groups is 2. The number of hydrogen-bond acceptors (Lipinski definition) is 8. The molecule has 0 bridgehead atoms. The van der Waals surface area contributed by atoms with Gasteiger partial charge in [0, 0.05) is 43.3 Å².